The van der Waals surface area contributed by atoms with Crippen molar-refractivity contribution in [3.8, 4) is 5.75 Å². The number of hydrogen-bond acceptors (Lipinski definition) is 3. The first kappa shape index (κ1) is 27.1. The topological polar surface area (TPSA) is 58.6 Å². The number of amides is 2. The summed E-state index contributed by atoms with van der Waals surface area (Å²) in [6.07, 6.45) is 1.14. The van der Waals surface area contributed by atoms with Crippen LogP contribution in [0.3, 0.4) is 0 Å². The van der Waals surface area contributed by atoms with E-state index in [1.165, 1.54) is 4.90 Å². The van der Waals surface area contributed by atoms with E-state index in [-0.39, 0.29) is 25.0 Å². The molecule has 1 atom stereocenters. The molecule has 0 heterocycles. The first-order valence-electron chi connectivity index (χ1n) is 11.3. The van der Waals surface area contributed by atoms with Crippen LogP contribution in [0.4, 0.5) is 0 Å². The molecular formula is C27H27BrCl2N2O3. The van der Waals surface area contributed by atoms with E-state index in [0.29, 0.717) is 28.8 Å². The van der Waals surface area contributed by atoms with Gasteiger partial charge in [-0.2, -0.15) is 0 Å². The Hall–Kier alpha value is -2.54. The van der Waals surface area contributed by atoms with Crippen molar-refractivity contribution in [3.05, 3.63) is 98.4 Å². The second kappa shape index (κ2) is 13.5. The SMILES string of the molecule is CCCNC(=O)[C@@H](Cc1ccccc1)N(Cc1ccccc1Cl)C(=O)COc1ccc(Br)cc1Cl. The molecule has 0 bridgehead atoms. The molecule has 2 amide bonds. The largest absolute Gasteiger partial charge is 0.482 e. The molecule has 0 aliphatic carbocycles. The van der Waals surface area contributed by atoms with Gasteiger partial charge in [0, 0.05) is 29.0 Å². The Morgan fingerprint density at radius 3 is 2.40 bits per heavy atom. The van der Waals surface area contributed by atoms with Crippen molar-refractivity contribution in [2.24, 2.45) is 0 Å². The summed E-state index contributed by atoms with van der Waals surface area (Å²) in [6, 6.07) is 21.3. The van der Waals surface area contributed by atoms with Crippen LogP contribution in [0.1, 0.15) is 24.5 Å². The zero-order valence-corrected chi connectivity index (χ0v) is 22.4. The van der Waals surface area contributed by atoms with Gasteiger partial charge in [0.1, 0.15) is 11.8 Å². The van der Waals surface area contributed by atoms with E-state index in [2.05, 4.69) is 21.2 Å². The lowest BCUT2D eigenvalue weighted by Gasteiger charge is -2.31. The maximum absolute atomic E-state index is 13.5. The van der Waals surface area contributed by atoms with Crippen LogP contribution in [0.25, 0.3) is 0 Å². The first-order valence-corrected chi connectivity index (χ1v) is 12.9. The van der Waals surface area contributed by atoms with Crippen LogP contribution in [0.15, 0.2) is 77.3 Å². The van der Waals surface area contributed by atoms with Crippen molar-refractivity contribution >= 4 is 50.9 Å². The molecule has 0 spiro atoms. The Bertz CT molecular complexity index is 1140. The van der Waals surface area contributed by atoms with Crippen molar-refractivity contribution in [2.75, 3.05) is 13.2 Å². The zero-order valence-electron chi connectivity index (χ0n) is 19.3. The molecule has 1 N–H and O–H groups in total. The molecule has 3 aromatic rings. The lowest BCUT2D eigenvalue weighted by Crippen LogP contribution is -2.51. The van der Waals surface area contributed by atoms with Gasteiger partial charge < -0.3 is 15.0 Å². The highest BCUT2D eigenvalue weighted by Gasteiger charge is 2.31. The van der Waals surface area contributed by atoms with Gasteiger partial charge in [-0.25, -0.2) is 0 Å². The monoisotopic (exact) mass is 576 g/mol. The van der Waals surface area contributed by atoms with E-state index in [4.69, 9.17) is 27.9 Å². The second-order valence-corrected chi connectivity index (χ2v) is 9.70. The van der Waals surface area contributed by atoms with Gasteiger partial charge in [0.2, 0.25) is 5.91 Å². The van der Waals surface area contributed by atoms with Crippen molar-refractivity contribution in [3.63, 3.8) is 0 Å². The summed E-state index contributed by atoms with van der Waals surface area (Å²) < 4.78 is 6.56. The molecule has 0 radical (unpaired) electrons. The molecule has 0 saturated heterocycles. The lowest BCUT2D eigenvalue weighted by atomic mass is 10.0. The standard InChI is InChI=1S/C27H27BrCl2N2O3/c1-2-14-31-27(34)24(15-19-8-4-3-5-9-19)32(17-20-10-6-7-11-22(20)29)26(33)18-35-25-13-12-21(28)16-23(25)30/h3-13,16,24H,2,14-15,17-18H2,1H3,(H,31,34)/t24-/m1/s1. The maximum Gasteiger partial charge on any atom is 0.261 e. The molecule has 0 aliphatic heterocycles. The minimum absolute atomic E-state index is 0.160. The molecule has 0 unspecified atom stereocenters. The molecule has 3 aromatic carbocycles. The Morgan fingerprint density at radius 2 is 1.71 bits per heavy atom. The summed E-state index contributed by atoms with van der Waals surface area (Å²) in [7, 11) is 0. The molecule has 5 nitrogen and oxygen atoms in total. The highest BCUT2D eigenvalue weighted by atomic mass is 79.9. The average molecular weight is 578 g/mol. The summed E-state index contributed by atoms with van der Waals surface area (Å²) >= 11 is 16.0. The van der Waals surface area contributed by atoms with E-state index >= 15 is 0 Å². The van der Waals surface area contributed by atoms with E-state index in [0.717, 1.165) is 22.0 Å². The van der Waals surface area contributed by atoms with Crippen molar-refractivity contribution in [2.45, 2.75) is 32.4 Å². The normalized spacial score (nSPS) is 11.5. The lowest BCUT2D eigenvalue weighted by molar-refractivity contribution is -0.142. The zero-order chi connectivity index (χ0) is 25.2. The third-order valence-electron chi connectivity index (χ3n) is 5.36. The molecule has 35 heavy (non-hydrogen) atoms. The molecular weight excluding hydrogens is 551 g/mol. The van der Waals surface area contributed by atoms with Crippen LogP contribution in [-0.2, 0) is 22.6 Å². The van der Waals surface area contributed by atoms with Crippen molar-refractivity contribution in [1.29, 1.82) is 0 Å². The summed E-state index contributed by atoms with van der Waals surface area (Å²) in [5.74, 6) is -0.190. The van der Waals surface area contributed by atoms with Crippen LogP contribution < -0.4 is 10.1 Å². The van der Waals surface area contributed by atoms with Gasteiger partial charge in [-0.05, 0) is 41.8 Å². The molecule has 3 rings (SSSR count). The van der Waals surface area contributed by atoms with Gasteiger partial charge in [0.05, 0.1) is 5.02 Å². The molecule has 184 valence electrons. The second-order valence-electron chi connectivity index (χ2n) is 7.97. The Kier molecular flexibility index (Phi) is 10.5. The maximum atomic E-state index is 13.5. The minimum Gasteiger partial charge on any atom is -0.482 e. The molecule has 0 aromatic heterocycles. The third kappa shape index (κ3) is 7.99. The summed E-state index contributed by atoms with van der Waals surface area (Å²) in [6.45, 7) is 2.38. The summed E-state index contributed by atoms with van der Waals surface area (Å²) in [5.41, 5.74) is 1.68. The number of ether oxygens (including phenoxy) is 1. The molecule has 0 fully saturated rings. The van der Waals surface area contributed by atoms with Crippen LogP contribution in [0, 0.1) is 0 Å². The van der Waals surface area contributed by atoms with E-state index in [1.807, 2.05) is 55.5 Å². The van der Waals surface area contributed by atoms with Gasteiger partial charge >= 0.3 is 0 Å². The van der Waals surface area contributed by atoms with Crippen LogP contribution in [-0.4, -0.2) is 35.9 Å². The van der Waals surface area contributed by atoms with Crippen molar-refractivity contribution < 1.29 is 14.3 Å². The number of halogens is 3. The third-order valence-corrected chi connectivity index (χ3v) is 6.52. The van der Waals surface area contributed by atoms with Gasteiger partial charge in [-0.3, -0.25) is 9.59 Å². The van der Waals surface area contributed by atoms with Crippen LogP contribution >= 0.6 is 39.1 Å². The highest BCUT2D eigenvalue weighted by Crippen LogP contribution is 2.28. The fourth-order valence-corrected chi connectivity index (χ4v) is 4.47. The fourth-order valence-electron chi connectivity index (χ4n) is 3.54. The Morgan fingerprint density at radius 1 is 1.00 bits per heavy atom. The number of carbonyl (C=O) groups is 2. The smallest absolute Gasteiger partial charge is 0.261 e. The molecule has 0 aliphatic rings. The Balaban J connectivity index is 1.91. The number of hydrogen-bond donors (Lipinski definition) is 1. The van der Waals surface area contributed by atoms with Crippen LogP contribution in [0.5, 0.6) is 5.75 Å². The number of carbonyl (C=O) groups excluding carboxylic acids is 2. The van der Waals surface area contributed by atoms with E-state index in [9.17, 15) is 9.59 Å². The summed E-state index contributed by atoms with van der Waals surface area (Å²) in [4.78, 5) is 28.4. The first-order chi connectivity index (χ1) is 16.9. The number of benzene rings is 3. The minimum atomic E-state index is -0.753. The average Bonchev–Trinajstić information content (AvgIpc) is 2.85. The highest BCUT2D eigenvalue weighted by molar-refractivity contribution is 9.10. The van der Waals surface area contributed by atoms with Gasteiger partial charge in [0.25, 0.3) is 5.91 Å². The van der Waals surface area contributed by atoms with Gasteiger partial charge in [-0.15, -0.1) is 0 Å². The quantitative estimate of drug-likeness (QED) is 0.291. The van der Waals surface area contributed by atoms with Gasteiger partial charge in [-0.1, -0.05) is 94.6 Å². The van der Waals surface area contributed by atoms with Crippen molar-refractivity contribution in [1.82, 2.24) is 10.2 Å². The summed E-state index contributed by atoms with van der Waals surface area (Å²) in [5, 5.41) is 3.85. The number of rotatable bonds is 11. The van der Waals surface area contributed by atoms with E-state index < -0.39 is 6.04 Å². The fraction of sp³-hybridized carbons (Fsp3) is 0.259. The molecule has 0 saturated carbocycles. The molecule has 8 heteroatoms. The predicted octanol–water partition coefficient (Wildman–Crippen LogP) is 6.30. The number of nitrogens with zero attached hydrogens (tertiary/aromatic N) is 1. The Labute approximate surface area is 224 Å². The predicted molar refractivity (Wildman–Crippen MR) is 144 cm³/mol. The number of nitrogens with one attached hydrogen (secondary N) is 1. The van der Waals surface area contributed by atoms with E-state index in [1.54, 1.807) is 24.3 Å². The van der Waals surface area contributed by atoms with Crippen LogP contribution in [0.2, 0.25) is 10.0 Å². The van der Waals surface area contributed by atoms with Gasteiger partial charge in [0.15, 0.2) is 6.61 Å².